The van der Waals surface area contributed by atoms with Crippen LogP contribution in [0.5, 0.6) is 0 Å². The van der Waals surface area contributed by atoms with Crippen LogP contribution in [0.3, 0.4) is 0 Å². The maximum Gasteiger partial charge on any atom is 0.0691 e. The van der Waals surface area contributed by atoms with Crippen LogP contribution in [0.1, 0.15) is 57.1 Å². The predicted molar refractivity (Wildman–Crippen MR) is 96.8 cm³/mol. The third-order valence-corrected chi connectivity index (χ3v) is 4.48. The van der Waals surface area contributed by atoms with Gasteiger partial charge < -0.3 is 10.8 Å². The Morgan fingerprint density at radius 2 is 1.91 bits per heavy atom. The molecule has 1 aliphatic carbocycles. The second-order valence-electron chi connectivity index (χ2n) is 6.18. The third kappa shape index (κ3) is 7.77. The molecule has 0 aromatic carbocycles. The molecule has 128 valence electrons. The number of pyridine rings is 1. The van der Waals surface area contributed by atoms with Gasteiger partial charge in [-0.2, -0.15) is 0 Å². The Balaban J connectivity index is 0.00000220. The zero-order valence-corrected chi connectivity index (χ0v) is 14.8. The van der Waals surface area contributed by atoms with Crippen LogP contribution in [-0.4, -0.2) is 22.2 Å². The normalized spacial score (nSPS) is 17.9. The molecule has 2 rings (SSSR count). The first-order valence-corrected chi connectivity index (χ1v) is 8.09. The van der Waals surface area contributed by atoms with Crippen LogP contribution in [0, 0.1) is 5.92 Å². The summed E-state index contributed by atoms with van der Waals surface area (Å²) in [5.74, 6) is 0.740. The lowest BCUT2D eigenvalue weighted by Crippen LogP contribution is -2.36. The van der Waals surface area contributed by atoms with Gasteiger partial charge >= 0.3 is 0 Å². The summed E-state index contributed by atoms with van der Waals surface area (Å²) in [4.78, 5) is 4.30. The molecule has 0 bridgehead atoms. The molecule has 0 unspecified atom stereocenters. The monoisotopic (exact) mass is 348 g/mol. The Morgan fingerprint density at radius 3 is 2.55 bits per heavy atom. The van der Waals surface area contributed by atoms with E-state index in [1.165, 1.54) is 32.1 Å². The predicted octanol–water partition coefficient (Wildman–Crippen LogP) is 3.91. The van der Waals surface area contributed by atoms with Crippen molar-refractivity contribution in [3.8, 4) is 0 Å². The van der Waals surface area contributed by atoms with Gasteiger partial charge in [-0.25, -0.2) is 0 Å². The number of rotatable bonds is 7. The van der Waals surface area contributed by atoms with E-state index < -0.39 is 0 Å². The molecule has 3 nitrogen and oxygen atoms in total. The van der Waals surface area contributed by atoms with Gasteiger partial charge in [-0.05, 0) is 43.7 Å². The molecule has 0 saturated heterocycles. The third-order valence-electron chi connectivity index (χ3n) is 4.48. The Labute approximate surface area is 146 Å². The molecular weight excluding hydrogens is 319 g/mol. The van der Waals surface area contributed by atoms with E-state index in [1.807, 2.05) is 24.4 Å². The minimum atomic E-state index is -0.361. The molecular formula is C17H30Cl2N2O. The molecule has 22 heavy (non-hydrogen) atoms. The number of aliphatic hydroxyl groups excluding tert-OH is 1. The highest BCUT2D eigenvalue weighted by Gasteiger charge is 2.21. The molecule has 0 aliphatic heterocycles. The molecule has 0 radical (unpaired) electrons. The van der Waals surface area contributed by atoms with E-state index in [1.54, 1.807) is 0 Å². The van der Waals surface area contributed by atoms with Crippen LogP contribution in [0.25, 0.3) is 0 Å². The molecule has 1 saturated carbocycles. The van der Waals surface area contributed by atoms with E-state index in [0.29, 0.717) is 0 Å². The van der Waals surface area contributed by atoms with Gasteiger partial charge in [0.15, 0.2) is 0 Å². The van der Waals surface area contributed by atoms with Crippen LogP contribution in [0.4, 0.5) is 0 Å². The van der Waals surface area contributed by atoms with Crippen molar-refractivity contribution >= 4 is 24.8 Å². The van der Waals surface area contributed by atoms with Crippen LogP contribution >= 0.6 is 24.8 Å². The fraction of sp³-hybridized carbons (Fsp3) is 0.706. The minimum absolute atomic E-state index is 0. The summed E-state index contributed by atoms with van der Waals surface area (Å²) in [7, 11) is 0. The summed E-state index contributed by atoms with van der Waals surface area (Å²) in [5.41, 5.74) is 7.26. The van der Waals surface area contributed by atoms with Crippen molar-refractivity contribution in [2.45, 2.75) is 69.9 Å². The van der Waals surface area contributed by atoms with Crippen molar-refractivity contribution in [2.75, 3.05) is 0 Å². The molecule has 0 amide bonds. The topological polar surface area (TPSA) is 59.1 Å². The summed E-state index contributed by atoms with van der Waals surface area (Å²) in [6.45, 7) is 0. The number of hydrogen-bond donors (Lipinski definition) is 2. The van der Waals surface area contributed by atoms with E-state index in [9.17, 15) is 5.11 Å². The number of aromatic nitrogens is 1. The Kier molecular flexibility index (Phi) is 11.9. The standard InChI is InChI=1S/C17H28N2O.2ClH/c18-16(13-14-7-2-1-3-8-14)17(20)11-6-10-15-9-4-5-12-19-15;;/h4-5,9,12,14,16-17,20H,1-3,6-8,10-11,13,18H2;2*1H/t16-,17-;;/m0../s1. The first kappa shape index (κ1) is 21.6. The molecule has 3 N–H and O–H groups in total. The Morgan fingerprint density at radius 1 is 1.18 bits per heavy atom. The average Bonchev–Trinajstić information content (AvgIpc) is 2.49. The van der Waals surface area contributed by atoms with Crippen molar-refractivity contribution in [2.24, 2.45) is 11.7 Å². The first-order chi connectivity index (χ1) is 9.75. The summed E-state index contributed by atoms with van der Waals surface area (Å²) in [6, 6.07) is 5.92. The molecule has 1 aliphatic rings. The highest BCUT2D eigenvalue weighted by atomic mass is 35.5. The fourth-order valence-electron chi connectivity index (χ4n) is 3.22. The molecule has 2 atom stereocenters. The van der Waals surface area contributed by atoms with Gasteiger partial charge in [-0.15, -0.1) is 24.8 Å². The number of halogens is 2. The smallest absolute Gasteiger partial charge is 0.0691 e. The lowest BCUT2D eigenvalue weighted by molar-refractivity contribution is 0.116. The van der Waals surface area contributed by atoms with Crippen molar-refractivity contribution in [3.05, 3.63) is 30.1 Å². The summed E-state index contributed by atoms with van der Waals surface area (Å²) in [6.07, 6.45) is 11.8. The van der Waals surface area contributed by atoms with E-state index in [2.05, 4.69) is 4.98 Å². The maximum absolute atomic E-state index is 10.2. The van der Waals surface area contributed by atoms with Gasteiger partial charge in [-0.3, -0.25) is 4.98 Å². The number of aliphatic hydroxyl groups is 1. The molecule has 0 spiro atoms. The SMILES string of the molecule is Cl.Cl.N[C@@H](CC1CCCCC1)[C@@H](O)CCCc1ccccn1. The number of nitrogens with two attached hydrogens (primary N) is 1. The fourth-order valence-corrected chi connectivity index (χ4v) is 3.22. The quantitative estimate of drug-likeness (QED) is 0.785. The minimum Gasteiger partial charge on any atom is -0.392 e. The van der Waals surface area contributed by atoms with Crippen LogP contribution < -0.4 is 5.73 Å². The van der Waals surface area contributed by atoms with E-state index >= 15 is 0 Å². The average molecular weight is 349 g/mol. The van der Waals surface area contributed by atoms with Gasteiger partial charge in [0.25, 0.3) is 0 Å². The van der Waals surface area contributed by atoms with E-state index in [0.717, 1.165) is 37.3 Å². The molecule has 1 heterocycles. The van der Waals surface area contributed by atoms with E-state index in [4.69, 9.17) is 5.73 Å². The Hall–Kier alpha value is -0.350. The lowest BCUT2D eigenvalue weighted by Gasteiger charge is -2.27. The lowest BCUT2D eigenvalue weighted by atomic mass is 9.83. The molecule has 1 fully saturated rings. The van der Waals surface area contributed by atoms with Gasteiger partial charge in [0, 0.05) is 17.9 Å². The van der Waals surface area contributed by atoms with Gasteiger partial charge in [-0.1, -0.05) is 38.2 Å². The summed E-state index contributed by atoms with van der Waals surface area (Å²) >= 11 is 0. The van der Waals surface area contributed by atoms with Gasteiger partial charge in [0.1, 0.15) is 0 Å². The molecule has 5 heteroatoms. The van der Waals surface area contributed by atoms with E-state index in [-0.39, 0.29) is 37.0 Å². The van der Waals surface area contributed by atoms with Crippen molar-refractivity contribution < 1.29 is 5.11 Å². The summed E-state index contributed by atoms with van der Waals surface area (Å²) < 4.78 is 0. The van der Waals surface area contributed by atoms with Crippen LogP contribution in [0.2, 0.25) is 0 Å². The van der Waals surface area contributed by atoms with Crippen LogP contribution in [0.15, 0.2) is 24.4 Å². The summed E-state index contributed by atoms with van der Waals surface area (Å²) in [5, 5.41) is 10.2. The van der Waals surface area contributed by atoms with Crippen LogP contribution in [-0.2, 0) is 6.42 Å². The second kappa shape index (κ2) is 12.1. The van der Waals surface area contributed by atoms with Crippen molar-refractivity contribution in [1.82, 2.24) is 4.98 Å². The maximum atomic E-state index is 10.2. The van der Waals surface area contributed by atoms with Gasteiger partial charge in [0.2, 0.25) is 0 Å². The second-order valence-corrected chi connectivity index (χ2v) is 6.18. The highest BCUT2D eigenvalue weighted by Crippen LogP contribution is 2.27. The van der Waals surface area contributed by atoms with Crippen molar-refractivity contribution in [3.63, 3.8) is 0 Å². The Bertz CT molecular complexity index is 372. The molecule has 1 aromatic heterocycles. The number of aryl methyl sites for hydroxylation is 1. The highest BCUT2D eigenvalue weighted by molar-refractivity contribution is 5.85. The number of hydrogen-bond acceptors (Lipinski definition) is 3. The van der Waals surface area contributed by atoms with Gasteiger partial charge in [0.05, 0.1) is 6.10 Å². The first-order valence-electron chi connectivity index (χ1n) is 8.09. The molecule has 1 aromatic rings. The number of nitrogens with zero attached hydrogens (tertiary/aromatic N) is 1. The zero-order valence-electron chi connectivity index (χ0n) is 13.2. The zero-order chi connectivity index (χ0) is 14.2. The van der Waals surface area contributed by atoms with Crippen molar-refractivity contribution in [1.29, 1.82) is 0 Å². The largest absolute Gasteiger partial charge is 0.392 e.